The molecule has 0 aliphatic heterocycles. The molecule has 0 bridgehead atoms. The Labute approximate surface area is 188 Å². The number of aromatic nitrogens is 1. The Bertz CT molecular complexity index is 1120. The summed E-state index contributed by atoms with van der Waals surface area (Å²) in [4.78, 5) is 4.57. The quantitative estimate of drug-likeness (QED) is 0.232. The monoisotopic (exact) mass is 477 g/mol. The van der Waals surface area contributed by atoms with Crippen molar-refractivity contribution in [2.45, 2.75) is 13.5 Å². The highest BCUT2D eigenvalue weighted by Crippen LogP contribution is 2.26. The summed E-state index contributed by atoms with van der Waals surface area (Å²) >= 11 is 4.97. The normalized spacial score (nSPS) is 11.0. The molecule has 0 spiro atoms. The number of aryl methyl sites for hydroxylation is 1. The lowest BCUT2D eigenvalue weighted by Gasteiger charge is -2.06. The van der Waals surface area contributed by atoms with Gasteiger partial charge in [0, 0.05) is 15.4 Å². The molecule has 0 aliphatic rings. The second kappa shape index (κ2) is 9.69. The largest absolute Gasteiger partial charge is 0.489 e. The molecule has 6 heteroatoms. The number of hydrogen-bond donors (Lipinski definition) is 1. The molecule has 1 N–H and O–H groups in total. The van der Waals surface area contributed by atoms with Crippen molar-refractivity contribution in [3.8, 4) is 17.0 Å². The van der Waals surface area contributed by atoms with Crippen molar-refractivity contribution < 1.29 is 4.74 Å². The van der Waals surface area contributed by atoms with E-state index in [1.165, 1.54) is 16.9 Å². The summed E-state index contributed by atoms with van der Waals surface area (Å²) in [5, 5.41) is 7.06. The lowest BCUT2D eigenvalue weighted by molar-refractivity contribution is 0.306. The van der Waals surface area contributed by atoms with Crippen molar-refractivity contribution in [2.24, 2.45) is 5.10 Å². The van der Waals surface area contributed by atoms with Crippen LogP contribution in [0.15, 0.2) is 87.8 Å². The average Bonchev–Trinajstić information content (AvgIpc) is 3.24. The van der Waals surface area contributed by atoms with Crippen LogP contribution in [-0.4, -0.2) is 11.2 Å². The number of nitrogens with zero attached hydrogens (tertiary/aromatic N) is 2. The van der Waals surface area contributed by atoms with E-state index < -0.39 is 0 Å². The maximum Gasteiger partial charge on any atom is 0.203 e. The van der Waals surface area contributed by atoms with Crippen molar-refractivity contribution in [1.29, 1.82) is 0 Å². The molecular weight excluding hydrogens is 458 g/mol. The number of anilines is 1. The minimum atomic E-state index is 0.556. The number of nitrogens with one attached hydrogen (secondary N) is 1. The van der Waals surface area contributed by atoms with E-state index in [0.717, 1.165) is 37.7 Å². The first-order chi connectivity index (χ1) is 14.7. The number of hydrogen-bond acceptors (Lipinski definition) is 5. The first-order valence-electron chi connectivity index (χ1n) is 9.45. The molecule has 0 saturated carbocycles. The minimum Gasteiger partial charge on any atom is -0.489 e. The van der Waals surface area contributed by atoms with Crippen LogP contribution in [0, 0.1) is 6.92 Å². The summed E-state index contributed by atoms with van der Waals surface area (Å²) < 4.78 is 6.89. The summed E-state index contributed by atoms with van der Waals surface area (Å²) in [5.74, 6) is 0.833. The zero-order chi connectivity index (χ0) is 20.8. The highest BCUT2D eigenvalue weighted by atomic mass is 79.9. The third-order valence-corrected chi connectivity index (χ3v) is 5.70. The van der Waals surface area contributed by atoms with Crippen LogP contribution >= 0.6 is 27.3 Å². The number of thiazole rings is 1. The van der Waals surface area contributed by atoms with Gasteiger partial charge < -0.3 is 4.74 Å². The number of ether oxygens (including phenoxy) is 1. The van der Waals surface area contributed by atoms with Gasteiger partial charge in [-0.25, -0.2) is 4.98 Å². The molecule has 0 saturated heterocycles. The summed E-state index contributed by atoms with van der Waals surface area (Å²) in [5.41, 5.74) is 8.39. The van der Waals surface area contributed by atoms with Crippen LogP contribution < -0.4 is 10.2 Å². The van der Waals surface area contributed by atoms with Crippen LogP contribution in [0.5, 0.6) is 5.75 Å². The molecule has 1 heterocycles. The number of hydrazone groups is 1. The third-order valence-electron chi connectivity index (χ3n) is 4.42. The highest BCUT2D eigenvalue weighted by Gasteiger charge is 2.03. The molecule has 150 valence electrons. The van der Waals surface area contributed by atoms with Gasteiger partial charge in [0.25, 0.3) is 0 Å². The molecule has 0 amide bonds. The van der Waals surface area contributed by atoms with E-state index in [4.69, 9.17) is 4.74 Å². The van der Waals surface area contributed by atoms with Crippen molar-refractivity contribution in [3.63, 3.8) is 0 Å². The van der Waals surface area contributed by atoms with Gasteiger partial charge in [-0.1, -0.05) is 57.9 Å². The van der Waals surface area contributed by atoms with E-state index in [0.29, 0.717) is 6.61 Å². The van der Waals surface area contributed by atoms with Gasteiger partial charge >= 0.3 is 0 Å². The first-order valence-corrected chi connectivity index (χ1v) is 11.1. The first kappa shape index (κ1) is 20.3. The Balaban J connectivity index is 1.30. The van der Waals surface area contributed by atoms with Crippen molar-refractivity contribution in [3.05, 3.63) is 99.3 Å². The molecule has 3 aromatic carbocycles. The molecule has 0 radical (unpaired) electrons. The molecule has 0 atom stereocenters. The van der Waals surface area contributed by atoms with Crippen molar-refractivity contribution >= 4 is 38.6 Å². The van der Waals surface area contributed by atoms with Crippen LogP contribution in [0.25, 0.3) is 11.3 Å². The van der Waals surface area contributed by atoms with Crippen LogP contribution in [0.2, 0.25) is 0 Å². The van der Waals surface area contributed by atoms with Crippen molar-refractivity contribution in [1.82, 2.24) is 4.98 Å². The van der Waals surface area contributed by atoms with E-state index in [-0.39, 0.29) is 0 Å². The molecule has 30 heavy (non-hydrogen) atoms. The van der Waals surface area contributed by atoms with Gasteiger partial charge in [-0.2, -0.15) is 5.10 Å². The lowest BCUT2D eigenvalue weighted by atomic mass is 10.2. The third kappa shape index (κ3) is 5.55. The van der Waals surface area contributed by atoms with Crippen LogP contribution in [0.1, 0.15) is 16.7 Å². The Morgan fingerprint density at radius 2 is 1.73 bits per heavy atom. The number of halogens is 1. The standard InChI is InChI=1S/C24H20BrN3OS/c1-17-2-4-19(5-3-17)15-29-22-12-6-18(7-13-22)14-26-28-24-27-23(16-30-24)20-8-10-21(25)11-9-20/h2-14,16H,15H2,1H3,(H,27,28)/b26-14+. The van der Waals surface area contributed by atoms with Crippen LogP contribution in [0.3, 0.4) is 0 Å². The van der Waals surface area contributed by atoms with E-state index >= 15 is 0 Å². The van der Waals surface area contributed by atoms with Crippen LogP contribution in [0.4, 0.5) is 5.13 Å². The molecule has 1 aromatic heterocycles. The topological polar surface area (TPSA) is 46.5 Å². The molecule has 4 aromatic rings. The summed E-state index contributed by atoms with van der Waals surface area (Å²) in [6, 6.07) is 24.3. The predicted molar refractivity (Wildman–Crippen MR) is 128 cm³/mol. The fraction of sp³-hybridized carbons (Fsp3) is 0.0833. The van der Waals surface area contributed by atoms with Gasteiger partial charge in [-0.15, -0.1) is 11.3 Å². The zero-order valence-corrected chi connectivity index (χ0v) is 18.8. The van der Waals surface area contributed by atoms with E-state index in [1.807, 2.05) is 53.9 Å². The molecule has 0 aliphatic carbocycles. The number of benzene rings is 3. The fourth-order valence-corrected chi connectivity index (χ4v) is 3.67. The van der Waals surface area contributed by atoms with Gasteiger partial charge in [0.05, 0.1) is 11.9 Å². The SMILES string of the molecule is Cc1ccc(COc2ccc(/C=N/Nc3nc(-c4ccc(Br)cc4)cs3)cc2)cc1. The zero-order valence-electron chi connectivity index (χ0n) is 16.4. The maximum atomic E-state index is 5.84. The van der Waals surface area contributed by atoms with E-state index in [9.17, 15) is 0 Å². The molecular formula is C24H20BrN3OS. The minimum absolute atomic E-state index is 0.556. The Morgan fingerprint density at radius 1 is 1.00 bits per heavy atom. The molecule has 0 unspecified atom stereocenters. The highest BCUT2D eigenvalue weighted by molar-refractivity contribution is 9.10. The Hall–Kier alpha value is -2.96. The summed E-state index contributed by atoms with van der Waals surface area (Å²) in [6.45, 7) is 2.63. The van der Waals surface area contributed by atoms with Gasteiger partial charge in [0.1, 0.15) is 12.4 Å². The predicted octanol–water partition coefficient (Wildman–Crippen LogP) is 6.91. The summed E-state index contributed by atoms with van der Waals surface area (Å²) in [6.07, 6.45) is 1.77. The Kier molecular flexibility index (Phi) is 6.57. The van der Waals surface area contributed by atoms with E-state index in [2.05, 4.69) is 62.6 Å². The molecule has 4 nitrogen and oxygen atoms in total. The van der Waals surface area contributed by atoms with Gasteiger partial charge in [-0.05, 0) is 54.4 Å². The average molecular weight is 478 g/mol. The summed E-state index contributed by atoms with van der Waals surface area (Å²) in [7, 11) is 0. The van der Waals surface area contributed by atoms with Crippen LogP contribution in [-0.2, 0) is 6.61 Å². The second-order valence-corrected chi connectivity index (χ2v) is 8.53. The van der Waals surface area contributed by atoms with Crippen molar-refractivity contribution in [2.75, 3.05) is 5.43 Å². The Morgan fingerprint density at radius 3 is 2.47 bits per heavy atom. The van der Waals surface area contributed by atoms with Gasteiger partial charge in [0.15, 0.2) is 0 Å². The molecule has 4 rings (SSSR count). The van der Waals surface area contributed by atoms with E-state index in [1.54, 1.807) is 6.21 Å². The molecule has 0 fully saturated rings. The smallest absolute Gasteiger partial charge is 0.203 e. The second-order valence-electron chi connectivity index (χ2n) is 6.76. The van der Waals surface area contributed by atoms with Gasteiger partial charge in [0.2, 0.25) is 5.13 Å². The fourth-order valence-electron chi connectivity index (χ4n) is 2.74. The number of rotatable bonds is 7. The van der Waals surface area contributed by atoms with Gasteiger partial charge in [-0.3, -0.25) is 5.43 Å². The lowest BCUT2D eigenvalue weighted by Crippen LogP contribution is -1.95. The maximum absolute atomic E-state index is 5.84.